The molecular formula is C28H39NO7S2. The lowest BCUT2D eigenvalue weighted by atomic mass is 9.90. The van der Waals surface area contributed by atoms with Gasteiger partial charge in [-0.05, 0) is 55.3 Å². The molecule has 0 bridgehead atoms. The number of aliphatic carboxylic acids is 1. The van der Waals surface area contributed by atoms with E-state index in [1.807, 2.05) is 6.92 Å². The number of benzene rings is 2. The maximum atomic E-state index is 14.0. The van der Waals surface area contributed by atoms with E-state index < -0.39 is 28.0 Å². The van der Waals surface area contributed by atoms with Crippen molar-refractivity contribution in [3.63, 3.8) is 0 Å². The Morgan fingerprint density at radius 2 is 1.66 bits per heavy atom. The van der Waals surface area contributed by atoms with Gasteiger partial charge in [-0.2, -0.15) is 16.1 Å². The Hall–Kier alpha value is -2.43. The summed E-state index contributed by atoms with van der Waals surface area (Å²) in [5.41, 5.74) is 1.60. The van der Waals surface area contributed by atoms with Gasteiger partial charge in [-0.15, -0.1) is 0 Å². The van der Waals surface area contributed by atoms with Gasteiger partial charge in [0.25, 0.3) is 0 Å². The number of ether oxygens (including phenoxy) is 3. The van der Waals surface area contributed by atoms with Gasteiger partial charge in [-0.3, -0.25) is 4.79 Å². The zero-order chi connectivity index (χ0) is 27.9. The summed E-state index contributed by atoms with van der Waals surface area (Å²) in [6.07, 6.45) is 4.71. The molecule has 3 rings (SSSR count). The number of aryl methyl sites for hydroxylation is 1. The van der Waals surface area contributed by atoms with E-state index in [1.165, 1.54) is 25.6 Å². The number of nitrogens with zero attached hydrogens (tertiary/aromatic N) is 1. The van der Waals surface area contributed by atoms with Gasteiger partial charge in [0.1, 0.15) is 0 Å². The highest BCUT2D eigenvalue weighted by atomic mass is 32.2. The molecular weight excluding hydrogens is 526 g/mol. The second-order valence-electron chi connectivity index (χ2n) is 9.51. The fraction of sp³-hybridized carbons (Fsp3) is 0.536. The van der Waals surface area contributed by atoms with Gasteiger partial charge in [-0.25, -0.2) is 8.42 Å². The van der Waals surface area contributed by atoms with E-state index in [0.29, 0.717) is 29.2 Å². The Balaban J connectivity index is 2.08. The third-order valence-corrected chi connectivity index (χ3v) is 10.3. The van der Waals surface area contributed by atoms with E-state index in [1.54, 1.807) is 48.2 Å². The fourth-order valence-corrected chi connectivity index (χ4v) is 7.91. The molecule has 210 valence electrons. The van der Waals surface area contributed by atoms with Crippen molar-refractivity contribution in [2.24, 2.45) is 5.92 Å². The molecule has 0 unspecified atom stereocenters. The second-order valence-corrected chi connectivity index (χ2v) is 12.8. The third-order valence-electron chi connectivity index (χ3n) is 6.98. The number of hydrogen-bond acceptors (Lipinski definition) is 7. The summed E-state index contributed by atoms with van der Waals surface area (Å²) in [4.78, 5) is 12.5. The van der Waals surface area contributed by atoms with Crippen LogP contribution in [0.15, 0.2) is 41.3 Å². The average molecular weight is 566 g/mol. The first-order chi connectivity index (χ1) is 18.2. The molecule has 1 N–H and O–H groups in total. The molecule has 38 heavy (non-hydrogen) atoms. The molecule has 1 saturated heterocycles. The number of hydrogen-bond donors (Lipinski definition) is 1. The lowest BCUT2D eigenvalue weighted by Gasteiger charge is -2.42. The van der Waals surface area contributed by atoms with Crippen LogP contribution in [-0.2, 0) is 14.8 Å². The Morgan fingerprint density at radius 1 is 1.03 bits per heavy atom. The number of rotatable bonds is 13. The quantitative estimate of drug-likeness (QED) is 0.316. The minimum absolute atomic E-state index is 0.125. The van der Waals surface area contributed by atoms with Crippen molar-refractivity contribution in [2.75, 3.05) is 33.6 Å². The molecule has 8 nitrogen and oxygen atoms in total. The first-order valence-corrected chi connectivity index (χ1v) is 15.4. The Morgan fingerprint density at radius 3 is 2.18 bits per heavy atom. The van der Waals surface area contributed by atoms with Crippen LogP contribution in [0.1, 0.15) is 56.2 Å². The van der Waals surface area contributed by atoms with Crippen LogP contribution in [0.2, 0.25) is 0 Å². The van der Waals surface area contributed by atoms with Gasteiger partial charge in [-0.1, -0.05) is 43.9 Å². The Kier molecular flexibility index (Phi) is 10.8. The first-order valence-electron chi connectivity index (χ1n) is 12.9. The number of sulfonamides is 1. The number of piperidine rings is 1. The molecule has 3 atom stereocenters. The van der Waals surface area contributed by atoms with E-state index in [2.05, 4.69) is 6.92 Å². The highest BCUT2D eigenvalue weighted by molar-refractivity contribution is 7.99. The number of carboxylic acid groups (broad SMARTS) is 1. The third kappa shape index (κ3) is 6.76. The smallest absolute Gasteiger partial charge is 0.308 e. The highest BCUT2D eigenvalue weighted by Gasteiger charge is 2.45. The molecule has 0 aromatic heterocycles. The van der Waals surface area contributed by atoms with E-state index in [9.17, 15) is 18.3 Å². The zero-order valence-electron chi connectivity index (χ0n) is 22.8. The van der Waals surface area contributed by atoms with Gasteiger partial charge >= 0.3 is 5.97 Å². The van der Waals surface area contributed by atoms with Crippen molar-refractivity contribution in [3.8, 4) is 17.2 Å². The molecule has 1 fully saturated rings. The molecule has 0 saturated carbocycles. The summed E-state index contributed by atoms with van der Waals surface area (Å²) in [5, 5.41) is 9.89. The standard InChI is InChI=1S/C28H39NO7S2/c1-6-7-8-9-14-37-26-17-23(20-15-24(34-3)27(36-5)25(16-20)35-4)29(18-22(26)28(30)31)38(32,33)21-12-10-19(2)11-13-21/h10-13,15-16,22-23,26H,6-9,14,17-18H2,1-5H3,(H,30,31)/t22-,23+,26-/m1/s1. The summed E-state index contributed by atoms with van der Waals surface area (Å²) < 4.78 is 45.8. The summed E-state index contributed by atoms with van der Waals surface area (Å²) in [5.74, 6) is 0.263. The predicted octanol–water partition coefficient (Wildman–Crippen LogP) is 5.54. The summed E-state index contributed by atoms with van der Waals surface area (Å²) in [6, 6.07) is 9.53. The number of carboxylic acids is 1. The zero-order valence-corrected chi connectivity index (χ0v) is 24.4. The first kappa shape index (κ1) is 30.1. The Bertz CT molecular complexity index is 1160. The lowest BCUT2D eigenvalue weighted by molar-refractivity contribution is -0.143. The molecule has 0 radical (unpaired) electrons. The molecule has 1 heterocycles. The van der Waals surface area contributed by atoms with E-state index in [0.717, 1.165) is 37.0 Å². The molecule has 2 aromatic rings. The van der Waals surface area contributed by atoms with Crippen LogP contribution in [0.3, 0.4) is 0 Å². The molecule has 0 aliphatic carbocycles. The normalized spacial score (nSPS) is 20.2. The minimum Gasteiger partial charge on any atom is -0.493 e. The van der Waals surface area contributed by atoms with Gasteiger partial charge in [0.15, 0.2) is 11.5 Å². The number of unbranched alkanes of at least 4 members (excludes halogenated alkanes) is 3. The number of methoxy groups -OCH3 is 3. The topological polar surface area (TPSA) is 102 Å². The maximum absolute atomic E-state index is 14.0. The Labute approximate surface area is 230 Å². The van der Waals surface area contributed by atoms with Gasteiger partial charge in [0.2, 0.25) is 15.8 Å². The van der Waals surface area contributed by atoms with Crippen molar-refractivity contribution in [2.45, 2.75) is 62.1 Å². The van der Waals surface area contributed by atoms with Crippen LogP contribution in [-0.4, -0.2) is 62.7 Å². The van der Waals surface area contributed by atoms with Crippen LogP contribution in [0.5, 0.6) is 17.2 Å². The van der Waals surface area contributed by atoms with Crippen LogP contribution in [0.4, 0.5) is 0 Å². The summed E-state index contributed by atoms with van der Waals surface area (Å²) in [6.45, 7) is 3.91. The van der Waals surface area contributed by atoms with E-state index in [-0.39, 0.29) is 16.7 Å². The number of thioether (sulfide) groups is 1. The van der Waals surface area contributed by atoms with E-state index in [4.69, 9.17) is 14.2 Å². The minimum atomic E-state index is -4.01. The van der Waals surface area contributed by atoms with Gasteiger partial charge in [0, 0.05) is 11.8 Å². The summed E-state index contributed by atoms with van der Waals surface area (Å²) >= 11 is 1.63. The predicted molar refractivity (Wildman–Crippen MR) is 150 cm³/mol. The van der Waals surface area contributed by atoms with Crippen LogP contribution in [0.25, 0.3) is 0 Å². The van der Waals surface area contributed by atoms with Crippen molar-refractivity contribution in [1.29, 1.82) is 0 Å². The van der Waals surface area contributed by atoms with Crippen molar-refractivity contribution in [3.05, 3.63) is 47.5 Å². The molecule has 0 amide bonds. The monoisotopic (exact) mass is 565 g/mol. The second kappa shape index (κ2) is 13.6. The van der Waals surface area contributed by atoms with Crippen LogP contribution >= 0.6 is 11.8 Å². The SMILES string of the molecule is CCCCCCS[C@@H]1C[C@@H](c2cc(OC)c(OC)c(OC)c2)N(S(=O)(=O)c2ccc(C)cc2)C[C@H]1C(=O)O. The number of carbonyl (C=O) groups is 1. The maximum Gasteiger partial charge on any atom is 0.308 e. The van der Waals surface area contributed by atoms with Crippen LogP contribution in [0, 0.1) is 12.8 Å². The largest absolute Gasteiger partial charge is 0.493 e. The average Bonchev–Trinajstić information content (AvgIpc) is 2.91. The lowest BCUT2D eigenvalue weighted by Crippen LogP contribution is -2.49. The molecule has 0 spiro atoms. The van der Waals surface area contributed by atoms with Crippen molar-refractivity contribution < 1.29 is 32.5 Å². The van der Waals surface area contributed by atoms with E-state index >= 15 is 0 Å². The molecule has 2 aromatic carbocycles. The summed E-state index contributed by atoms with van der Waals surface area (Å²) in [7, 11) is 0.530. The van der Waals surface area contributed by atoms with Gasteiger partial charge in [0.05, 0.1) is 38.2 Å². The fourth-order valence-electron chi connectivity index (χ4n) is 4.83. The van der Waals surface area contributed by atoms with Crippen molar-refractivity contribution >= 4 is 27.8 Å². The molecule has 1 aliphatic rings. The van der Waals surface area contributed by atoms with Gasteiger partial charge < -0.3 is 19.3 Å². The van der Waals surface area contributed by atoms with Crippen LogP contribution < -0.4 is 14.2 Å². The van der Waals surface area contributed by atoms with Crippen molar-refractivity contribution in [1.82, 2.24) is 4.31 Å². The molecule has 1 aliphatic heterocycles. The molecule has 10 heteroatoms. The highest BCUT2D eigenvalue weighted by Crippen LogP contribution is 2.46.